The van der Waals surface area contributed by atoms with Crippen molar-refractivity contribution < 1.29 is 4.79 Å². The van der Waals surface area contributed by atoms with Crippen LogP contribution in [0.15, 0.2) is 60.0 Å². The highest BCUT2D eigenvalue weighted by Crippen LogP contribution is 2.24. The molecule has 0 aliphatic rings. The van der Waals surface area contributed by atoms with Crippen LogP contribution < -0.4 is 0 Å². The minimum Gasteiger partial charge on any atom is -0.341 e. The molecule has 2 aromatic carbocycles. The van der Waals surface area contributed by atoms with Crippen molar-refractivity contribution in [1.29, 1.82) is 0 Å². The van der Waals surface area contributed by atoms with Crippen LogP contribution in [0.3, 0.4) is 0 Å². The average Bonchev–Trinajstić information content (AvgIpc) is 3.14. The highest BCUT2D eigenvalue weighted by Gasteiger charge is 2.15. The lowest BCUT2D eigenvalue weighted by molar-refractivity contribution is -0.127. The Labute approximate surface area is 181 Å². The van der Waals surface area contributed by atoms with Gasteiger partial charge in [0.25, 0.3) is 0 Å². The number of halogens is 1. The minimum atomic E-state index is 0.0375. The SMILES string of the molecule is CN(Cc1ccc(C(C)(C)C)cc1)C(=O)CSc1nncn1-c1cccc(Cl)c1. The van der Waals surface area contributed by atoms with E-state index in [4.69, 9.17) is 11.6 Å². The number of benzene rings is 2. The standard InChI is InChI=1S/C22H25ClN4OS/c1-22(2,3)17-10-8-16(9-11-17)13-26(4)20(28)14-29-21-25-24-15-27(21)19-7-5-6-18(23)12-19/h5-12,15H,13-14H2,1-4H3. The second-order valence-corrected chi connectivity index (χ2v) is 9.33. The molecule has 29 heavy (non-hydrogen) atoms. The van der Waals surface area contributed by atoms with E-state index in [1.165, 1.54) is 17.3 Å². The van der Waals surface area contributed by atoms with Crippen molar-refractivity contribution in [3.63, 3.8) is 0 Å². The Hall–Kier alpha value is -2.31. The molecule has 152 valence electrons. The largest absolute Gasteiger partial charge is 0.341 e. The molecular weight excluding hydrogens is 404 g/mol. The number of amides is 1. The first-order valence-electron chi connectivity index (χ1n) is 9.36. The summed E-state index contributed by atoms with van der Waals surface area (Å²) in [5.74, 6) is 0.325. The lowest BCUT2D eigenvalue weighted by atomic mass is 9.87. The maximum absolute atomic E-state index is 12.6. The summed E-state index contributed by atoms with van der Waals surface area (Å²) in [4.78, 5) is 14.3. The van der Waals surface area contributed by atoms with Gasteiger partial charge in [-0.25, -0.2) is 0 Å². The molecule has 1 heterocycles. The van der Waals surface area contributed by atoms with E-state index in [-0.39, 0.29) is 17.1 Å². The van der Waals surface area contributed by atoms with Crippen LogP contribution in [0, 0.1) is 0 Å². The van der Waals surface area contributed by atoms with E-state index in [0.29, 0.717) is 16.7 Å². The van der Waals surface area contributed by atoms with Gasteiger partial charge in [0, 0.05) is 18.6 Å². The first-order valence-corrected chi connectivity index (χ1v) is 10.7. The maximum atomic E-state index is 12.6. The smallest absolute Gasteiger partial charge is 0.233 e. The third kappa shape index (κ3) is 5.61. The van der Waals surface area contributed by atoms with Crippen molar-refractivity contribution in [3.8, 4) is 5.69 Å². The topological polar surface area (TPSA) is 51.0 Å². The molecule has 5 nitrogen and oxygen atoms in total. The van der Waals surface area contributed by atoms with E-state index < -0.39 is 0 Å². The molecule has 0 bridgehead atoms. The zero-order chi connectivity index (χ0) is 21.0. The summed E-state index contributed by atoms with van der Waals surface area (Å²) in [6.07, 6.45) is 1.62. The molecule has 1 aromatic heterocycles. The number of carbonyl (C=O) groups is 1. The van der Waals surface area contributed by atoms with Gasteiger partial charge >= 0.3 is 0 Å². The van der Waals surface area contributed by atoms with Crippen LogP contribution in [0.1, 0.15) is 31.9 Å². The molecule has 0 unspecified atom stereocenters. The van der Waals surface area contributed by atoms with Gasteiger partial charge in [-0.1, -0.05) is 74.5 Å². The lowest BCUT2D eigenvalue weighted by Crippen LogP contribution is -2.28. The van der Waals surface area contributed by atoms with Crippen LogP contribution >= 0.6 is 23.4 Å². The third-order valence-electron chi connectivity index (χ3n) is 4.59. The van der Waals surface area contributed by atoms with Gasteiger partial charge in [0.2, 0.25) is 5.91 Å². The van der Waals surface area contributed by atoms with Gasteiger partial charge in [-0.15, -0.1) is 10.2 Å². The summed E-state index contributed by atoms with van der Waals surface area (Å²) in [7, 11) is 1.82. The molecule has 3 aromatic rings. The first kappa shape index (κ1) is 21.4. The van der Waals surface area contributed by atoms with Crippen LogP contribution in [0.2, 0.25) is 5.02 Å². The summed E-state index contributed by atoms with van der Waals surface area (Å²) in [5, 5.41) is 9.40. The number of hydrogen-bond acceptors (Lipinski definition) is 4. The van der Waals surface area contributed by atoms with E-state index >= 15 is 0 Å². The van der Waals surface area contributed by atoms with Crippen LogP contribution in [0.4, 0.5) is 0 Å². The second-order valence-electron chi connectivity index (χ2n) is 7.95. The molecule has 0 aliphatic carbocycles. The summed E-state index contributed by atoms with van der Waals surface area (Å²) in [6.45, 7) is 7.15. The van der Waals surface area contributed by atoms with E-state index in [2.05, 4.69) is 55.2 Å². The molecule has 0 saturated carbocycles. The van der Waals surface area contributed by atoms with E-state index in [1.54, 1.807) is 11.2 Å². The fourth-order valence-electron chi connectivity index (χ4n) is 2.83. The van der Waals surface area contributed by atoms with Crippen LogP contribution in [0.5, 0.6) is 0 Å². The molecule has 0 radical (unpaired) electrons. The number of nitrogens with zero attached hydrogens (tertiary/aromatic N) is 4. The van der Waals surface area contributed by atoms with Gasteiger partial charge in [-0.3, -0.25) is 9.36 Å². The Balaban J connectivity index is 1.59. The normalized spacial score (nSPS) is 11.5. The number of thioether (sulfide) groups is 1. The Morgan fingerprint density at radius 1 is 1.17 bits per heavy atom. The maximum Gasteiger partial charge on any atom is 0.233 e. The fourth-order valence-corrected chi connectivity index (χ4v) is 3.89. The van der Waals surface area contributed by atoms with Crippen molar-refractivity contribution in [2.24, 2.45) is 0 Å². The highest BCUT2D eigenvalue weighted by atomic mass is 35.5. The predicted octanol–water partition coefficient (Wildman–Crippen LogP) is 4.97. The van der Waals surface area contributed by atoms with E-state index in [0.717, 1.165) is 11.3 Å². The number of rotatable bonds is 6. The zero-order valence-electron chi connectivity index (χ0n) is 17.1. The number of hydrogen-bond donors (Lipinski definition) is 0. The molecule has 3 rings (SSSR count). The average molecular weight is 429 g/mol. The second kappa shape index (κ2) is 9.01. The van der Waals surface area contributed by atoms with Gasteiger partial charge < -0.3 is 4.90 Å². The van der Waals surface area contributed by atoms with Crippen LogP contribution in [-0.2, 0) is 16.8 Å². The van der Waals surface area contributed by atoms with E-state index in [1.807, 2.05) is 35.9 Å². The van der Waals surface area contributed by atoms with Gasteiger partial charge in [0.1, 0.15) is 6.33 Å². The molecule has 0 saturated heterocycles. The molecule has 7 heteroatoms. The third-order valence-corrected chi connectivity index (χ3v) is 5.76. The predicted molar refractivity (Wildman–Crippen MR) is 119 cm³/mol. The monoisotopic (exact) mass is 428 g/mol. The summed E-state index contributed by atoms with van der Waals surface area (Å²) in [5.41, 5.74) is 3.38. The molecular formula is C22H25ClN4OS. The van der Waals surface area contributed by atoms with Gasteiger partial charge in [0.05, 0.1) is 11.4 Å². The van der Waals surface area contributed by atoms with Crippen LogP contribution in [0.25, 0.3) is 5.69 Å². The van der Waals surface area contributed by atoms with Gasteiger partial charge in [-0.2, -0.15) is 0 Å². The van der Waals surface area contributed by atoms with Crippen molar-refractivity contribution in [1.82, 2.24) is 19.7 Å². The fraction of sp³-hybridized carbons (Fsp3) is 0.318. The molecule has 0 atom stereocenters. The Morgan fingerprint density at radius 2 is 1.90 bits per heavy atom. The molecule has 0 N–H and O–H groups in total. The Kier molecular flexibility index (Phi) is 6.65. The number of carbonyl (C=O) groups excluding carboxylic acids is 1. The minimum absolute atomic E-state index is 0.0375. The molecule has 0 spiro atoms. The van der Waals surface area contributed by atoms with Crippen molar-refractivity contribution in [3.05, 3.63) is 71.0 Å². The highest BCUT2D eigenvalue weighted by molar-refractivity contribution is 7.99. The van der Waals surface area contributed by atoms with Gasteiger partial charge in [0.15, 0.2) is 5.16 Å². The summed E-state index contributed by atoms with van der Waals surface area (Å²) < 4.78 is 1.83. The van der Waals surface area contributed by atoms with Crippen molar-refractivity contribution in [2.45, 2.75) is 37.9 Å². The number of aromatic nitrogens is 3. The van der Waals surface area contributed by atoms with Crippen molar-refractivity contribution >= 4 is 29.3 Å². The first-order chi connectivity index (χ1) is 13.7. The van der Waals surface area contributed by atoms with E-state index in [9.17, 15) is 4.79 Å². The van der Waals surface area contributed by atoms with Gasteiger partial charge in [-0.05, 0) is 34.7 Å². The molecule has 0 aliphatic heterocycles. The quantitative estimate of drug-likeness (QED) is 0.520. The lowest BCUT2D eigenvalue weighted by Gasteiger charge is -2.21. The van der Waals surface area contributed by atoms with Crippen molar-refractivity contribution in [2.75, 3.05) is 12.8 Å². The Morgan fingerprint density at radius 3 is 2.55 bits per heavy atom. The zero-order valence-corrected chi connectivity index (χ0v) is 18.7. The molecule has 1 amide bonds. The van der Waals surface area contributed by atoms with Crippen LogP contribution in [-0.4, -0.2) is 38.4 Å². The summed E-state index contributed by atoms with van der Waals surface area (Å²) >= 11 is 7.44. The summed E-state index contributed by atoms with van der Waals surface area (Å²) in [6, 6.07) is 15.9. The molecule has 0 fully saturated rings. The Bertz CT molecular complexity index is 979.